The van der Waals surface area contributed by atoms with Crippen molar-refractivity contribution in [3.8, 4) is 34.4 Å². The minimum Gasteiger partial charge on any atom is -0.444 e. The van der Waals surface area contributed by atoms with E-state index in [9.17, 15) is 4.79 Å². The van der Waals surface area contributed by atoms with Gasteiger partial charge in [0, 0.05) is 34.5 Å². The molecule has 1 saturated heterocycles. The third-order valence-corrected chi connectivity index (χ3v) is 8.10. The van der Waals surface area contributed by atoms with Gasteiger partial charge in [-0.15, -0.1) is 0 Å². The summed E-state index contributed by atoms with van der Waals surface area (Å²) in [5, 5.41) is 0. The van der Waals surface area contributed by atoms with Crippen molar-refractivity contribution in [3.63, 3.8) is 0 Å². The Labute approximate surface area is 261 Å². The Kier molecular flexibility index (Phi) is 8.86. The number of carbonyl (C=O) groups excluding carboxylic acids is 1. The van der Waals surface area contributed by atoms with Crippen LogP contribution in [0.1, 0.15) is 70.5 Å². The summed E-state index contributed by atoms with van der Waals surface area (Å²) in [7, 11) is 0. The number of aryl methyl sites for hydroxylation is 1. The van der Waals surface area contributed by atoms with Gasteiger partial charge in [-0.25, -0.2) is 14.8 Å². The zero-order chi connectivity index (χ0) is 30.0. The van der Waals surface area contributed by atoms with Crippen LogP contribution in [0.5, 0.6) is 11.8 Å². The number of likely N-dealkylation sites (tertiary alicyclic amines) is 1. The summed E-state index contributed by atoms with van der Waals surface area (Å²) in [6.45, 7) is 13.3. The number of imidazole rings is 1. The first-order chi connectivity index (χ1) is 20.0. The summed E-state index contributed by atoms with van der Waals surface area (Å²) in [6.07, 6.45) is 4.93. The molecule has 220 valence electrons. The summed E-state index contributed by atoms with van der Waals surface area (Å²) in [4.78, 5) is 28.7. The highest BCUT2D eigenvalue weighted by atomic mass is 127. The summed E-state index contributed by atoms with van der Waals surface area (Å²) in [6, 6.07) is 16.9. The predicted octanol–water partition coefficient (Wildman–Crippen LogP) is 8.41. The Morgan fingerprint density at radius 2 is 1.74 bits per heavy atom. The van der Waals surface area contributed by atoms with Gasteiger partial charge in [0.1, 0.15) is 11.4 Å². The van der Waals surface area contributed by atoms with Crippen molar-refractivity contribution in [2.75, 3.05) is 13.1 Å². The van der Waals surface area contributed by atoms with Crippen molar-refractivity contribution in [1.29, 1.82) is 0 Å². The fraction of sp³-hybridized carbons (Fsp3) is 0.394. The molecule has 4 aromatic rings. The molecule has 0 unspecified atom stereocenters. The van der Waals surface area contributed by atoms with Crippen molar-refractivity contribution in [2.45, 2.75) is 71.9 Å². The van der Waals surface area contributed by atoms with Crippen molar-refractivity contribution in [3.05, 3.63) is 75.8 Å². The summed E-state index contributed by atoms with van der Waals surface area (Å²) in [5.41, 5.74) is 5.21. The predicted molar refractivity (Wildman–Crippen MR) is 173 cm³/mol. The lowest BCUT2D eigenvalue weighted by Gasteiger charge is -2.34. The first-order valence-corrected chi connectivity index (χ1v) is 15.5. The van der Waals surface area contributed by atoms with Gasteiger partial charge in [0.05, 0.1) is 23.4 Å². The molecule has 0 aliphatic carbocycles. The average Bonchev–Trinajstić information content (AvgIpc) is 3.39. The van der Waals surface area contributed by atoms with E-state index >= 15 is 0 Å². The molecule has 9 heteroatoms. The van der Waals surface area contributed by atoms with E-state index in [1.165, 1.54) is 5.56 Å². The van der Waals surface area contributed by atoms with E-state index in [2.05, 4.69) is 88.5 Å². The molecule has 2 aromatic carbocycles. The monoisotopic (exact) mass is 679 g/mol. The van der Waals surface area contributed by atoms with E-state index in [1.807, 2.05) is 40.1 Å². The number of amides is 1. The molecule has 1 aliphatic heterocycles. The van der Waals surface area contributed by atoms with Gasteiger partial charge >= 0.3 is 12.1 Å². The van der Waals surface area contributed by atoms with Crippen molar-refractivity contribution >= 4 is 28.7 Å². The van der Waals surface area contributed by atoms with Crippen molar-refractivity contribution in [2.24, 2.45) is 0 Å². The number of ether oxygens (including phenoxy) is 2. The maximum absolute atomic E-state index is 12.7. The maximum Gasteiger partial charge on any atom is 0.410 e. The molecule has 0 spiro atoms. The second kappa shape index (κ2) is 12.4. The van der Waals surface area contributed by atoms with Crippen LogP contribution < -0.4 is 4.74 Å². The fourth-order valence-corrected chi connectivity index (χ4v) is 5.43. The smallest absolute Gasteiger partial charge is 0.410 e. The normalized spacial score (nSPS) is 14.3. The number of piperidine rings is 1. The summed E-state index contributed by atoms with van der Waals surface area (Å²) in [5.74, 6) is 1.13. The first kappa shape index (κ1) is 30.0. The molecule has 1 aliphatic rings. The van der Waals surface area contributed by atoms with Gasteiger partial charge in [-0.3, -0.25) is 0 Å². The molecule has 0 atom stereocenters. The molecular weight excluding hydrogens is 641 g/mol. The number of aromatic nitrogens is 4. The number of hydrogen-bond donors (Lipinski definition) is 0. The third kappa shape index (κ3) is 6.94. The highest BCUT2D eigenvalue weighted by Crippen LogP contribution is 2.37. The van der Waals surface area contributed by atoms with Gasteiger partial charge in [0.15, 0.2) is 0 Å². The van der Waals surface area contributed by atoms with Crippen LogP contribution in [0.3, 0.4) is 0 Å². The third-order valence-electron chi connectivity index (χ3n) is 7.38. The van der Waals surface area contributed by atoms with Gasteiger partial charge in [-0.2, -0.15) is 4.98 Å². The minimum absolute atomic E-state index is 0.146. The Bertz CT molecular complexity index is 1550. The summed E-state index contributed by atoms with van der Waals surface area (Å²) >= 11 is 2.31. The van der Waals surface area contributed by atoms with Crippen LogP contribution in [0, 0.1) is 10.5 Å². The molecular formula is C33H38IN5O3. The number of halogens is 1. The van der Waals surface area contributed by atoms with E-state index in [1.54, 1.807) is 11.1 Å². The SMILES string of the molecule is Cc1ccc(C(C)C)cc1Oc1nccc(-c2c(-c3ccc(I)cc3)ncn2C2CCN(C(=O)OC(C)(C)C)CC2)n1. The van der Waals surface area contributed by atoms with E-state index in [-0.39, 0.29) is 18.1 Å². The topological polar surface area (TPSA) is 82.4 Å². The average molecular weight is 680 g/mol. The lowest BCUT2D eigenvalue weighted by atomic mass is 10.0. The molecule has 1 amide bonds. The number of rotatable bonds is 6. The molecule has 2 aromatic heterocycles. The Morgan fingerprint density at radius 3 is 2.40 bits per heavy atom. The van der Waals surface area contributed by atoms with Crippen LogP contribution in [0.25, 0.3) is 22.6 Å². The van der Waals surface area contributed by atoms with Crippen LogP contribution in [-0.2, 0) is 4.74 Å². The van der Waals surface area contributed by atoms with Crippen LogP contribution in [0.2, 0.25) is 0 Å². The van der Waals surface area contributed by atoms with Crippen molar-refractivity contribution in [1.82, 2.24) is 24.4 Å². The number of benzene rings is 2. The lowest BCUT2D eigenvalue weighted by Crippen LogP contribution is -2.42. The van der Waals surface area contributed by atoms with Gasteiger partial charge < -0.3 is 18.9 Å². The zero-order valence-corrected chi connectivity index (χ0v) is 27.3. The molecule has 3 heterocycles. The molecule has 5 rings (SSSR count). The highest BCUT2D eigenvalue weighted by molar-refractivity contribution is 14.1. The van der Waals surface area contributed by atoms with Gasteiger partial charge in [-0.1, -0.05) is 38.1 Å². The minimum atomic E-state index is -0.519. The largest absolute Gasteiger partial charge is 0.444 e. The lowest BCUT2D eigenvalue weighted by molar-refractivity contribution is 0.0189. The molecule has 0 saturated carbocycles. The first-order valence-electron chi connectivity index (χ1n) is 14.4. The molecule has 0 N–H and O–H groups in total. The van der Waals surface area contributed by atoms with Gasteiger partial charge in [-0.05, 0) is 104 Å². The second-order valence-electron chi connectivity index (χ2n) is 12.1. The molecule has 0 radical (unpaired) electrons. The Balaban J connectivity index is 1.48. The van der Waals surface area contributed by atoms with Crippen LogP contribution >= 0.6 is 22.6 Å². The fourth-order valence-electron chi connectivity index (χ4n) is 5.07. The second-order valence-corrected chi connectivity index (χ2v) is 13.3. The van der Waals surface area contributed by atoms with E-state index in [0.29, 0.717) is 19.0 Å². The van der Waals surface area contributed by atoms with E-state index in [4.69, 9.17) is 19.4 Å². The Morgan fingerprint density at radius 1 is 1.02 bits per heavy atom. The van der Waals surface area contributed by atoms with Crippen LogP contribution in [-0.4, -0.2) is 49.2 Å². The number of hydrogen-bond acceptors (Lipinski definition) is 6. The molecule has 0 bridgehead atoms. The molecule has 42 heavy (non-hydrogen) atoms. The van der Waals surface area contributed by atoms with Crippen molar-refractivity contribution < 1.29 is 14.3 Å². The Hall–Kier alpha value is -3.47. The number of nitrogens with zero attached hydrogens (tertiary/aromatic N) is 5. The van der Waals surface area contributed by atoms with Crippen LogP contribution in [0.4, 0.5) is 4.79 Å². The zero-order valence-electron chi connectivity index (χ0n) is 25.1. The van der Waals surface area contributed by atoms with Crippen LogP contribution in [0.15, 0.2) is 61.1 Å². The van der Waals surface area contributed by atoms with Gasteiger partial charge in [0.25, 0.3) is 0 Å². The highest BCUT2D eigenvalue weighted by Gasteiger charge is 2.30. The summed E-state index contributed by atoms with van der Waals surface area (Å²) < 4.78 is 15.2. The maximum atomic E-state index is 12.7. The quantitative estimate of drug-likeness (QED) is 0.191. The van der Waals surface area contributed by atoms with Gasteiger partial charge in [0.2, 0.25) is 0 Å². The van der Waals surface area contributed by atoms with E-state index in [0.717, 1.165) is 50.4 Å². The number of carbonyl (C=O) groups is 1. The van der Waals surface area contributed by atoms with E-state index < -0.39 is 5.60 Å². The molecule has 1 fully saturated rings. The standard InChI is InChI=1S/C33H38IN5O3/c1-21(2)24-8-7-22(3)28(19-24)41-31-35-16-13-27(37-31)30-29(23-9-11-25(34)12-10-23)36-20-39(30)26-14-17-38(18-15-26)32(40)42-33(4,5)6/h7-13,16,19-21,26H,14-15,17-18H2,1-6H3. The molecule has 8 nitrogen and oxygen atoms in total.